The number of fused-ring (bicyclic) bond motifs is 1. The molecule has 2 aromatic heterocycles. The smallest absolute Gasteiger partial charge is 0.105 e. The number of hydrogen-bond donors (Lipinski definition) is 2. The first-order valence-electron chi connectivity index (χ1n) is 5.17. The number of nitrogens with one attached hydrogen (secondary N) is 1. The van der Waals surface area contributed by atoms with Gasteiger partial charge in [-0.05, 0) is 32.1 Å². The summed E-state index contributed by atoms with van der Waals surface area (Å²) >= 11 is 0. The SMILES string of the molecule is CNCCCn1c(N)cc2ncccc21. The molecule has 0 atom stereocenters. The molecule has 2 aromatic rings. The zero-order valence-electron chi connectivity index (χ0n) is 8.90. The highest BCUT2D eigenvalue weighted by molar-refractivity contribution is 5.80. The molecule has 0 aromatic carbocycles. The molecule has 3 N–H and O–H groups in total. The molecule has 0 aliphatic carbocycles. The molecule has 4 heteroatoms. The Labute approximate surface area is 89.1 Å². The van der Waals surface area contributed by atoms with Gasteiger partial charge < -0.3 is 15.6 Å². The molecule has 80 valence electrons. The fourth-order valence-electron chi connectivity index (χ4n) is 1.77. The summed E-state index contributed by atoms with van der Waals surface area (Å²) < 4.78 is 2.11. The number of hydrogen-bond acceptors (Lipinski definition) is 3. The van der Waals surface area contributed by atoms with Crippen LogP contribution in [0.4, 0.5) is 5.82 Å². The molecule has 0 aliphatic rings. The Morgan fingerprint density at radius 1 is 1.53 bits per heavy atom. The molecule has 4 nitrogen and oxygen atoms in total. The summed E-state index contributed by atoms with van der Waals surface area (Å²) in [5, 5.41) is 3.13. The van der Waals surface area contributed by atoms with Crippen LogP contribution in [0, 0.1) is 0 Å². The normalized spacial score (nSPS) is 11.0. The molecule has 0 saturated carbocycles. The van der Waals surface area contributed by atoms with E-state index in [4.69, 9.17) is 5.73 Å². The third-order valence-corrected chi connectivity index (χ3v) is 2.51. The number of nitrogens with zero attached hydrogens (tertiary/aromatic N) is 2. The molecule has 0 aliphatic heterocycles. The number of nitrogen functional groups attached to an aromatic ring is 1. The van der Waals surface area contributed by atoms with Crippen molar-refractivity contribution in [2.24, 2.45) is 0 Å². The predicted octanol–water partition coefficient (Wildman–Crippen LogP) is 1.23. The zero-order chi connectivity index (χ0) is 10.7. The molecule has 2 rings (SSSR count). The summed E-state index contributed by atoms with van der Waals surface area (Å²) in [5.41, 5.74) is 8.03. The van der Waals surface area contributed by atoms with E-state index in [0.717, 1.165) is 36.4 Å². The Morgan fingerprint density at radius 3 is 3.20 bits per heavy atom. The first-order chi connectivity index (χ1) is 7.33. The lowest BCUT2D eigenvalue weighted by molar-refractivity contribution is 0.632. The highest BCUT2D eigenvalue weighted by Gasteiger charge is 2.05. The van der Waals surface area contributed by atoms with Crippen molar-refractivity contribution < 1.29 is 0 Å². The van der Waals surface area contributed by atoms with Gasteiger partial charge in [0.05, 0.1) is 11.0 Å². The van der Waals surface area contributed by atoms with Gasteiger partial charge >= 0.3 is 0 Å². The van der Waals surface area contributed by atoms with Crippen LogP contribution in [0.3, 0.4) is 0 Å². The van der Waals surface area contributed by atoms with Crippen molar-refractivity contribution in [3.63, 3.8) is 0 Å². The van der Waals surface area contributed by atoms with Crippen molar-refractivity contribution in [1.82, 2.24) is 14.9 Å². The topological polar surface area (TPSA) is 55.9 Å². The molecule has 0 radical (unpaired) electrons. The van der Waals surface area contributed by atoms with Gasteiger partial charge in [0.2, 0.25) is 0 Å². The lowest BCUT2D eigenvalue weighted by Gasteiger charge is -2.06. The number of nitrogens with two attached hydrogens (primary N) is 1. The lowest BCUT2D eigenvalue weighted by Crippen LogP contribution is -2.11. The van der Waals surface area contributed by atoms with E-state index in [1.54, 1.807) is 6.20 Å². The van der Waals surface area contributed by atoms with Gasteiger partial charge in [-0.25, -0.2) is 0 Å². The van der Waals surface area contributed by atoms with Crippen molar-refractivity contribution in [2.75, 3.05) is 19.3 Å². The Hall–Kier alpha value is -1.55. The first-order valence-corrected chi connectivity index (χ1v) is 5.17. The molecule has 2 heterocycles. The van der Waals surface area contributed by atoms with Crippen LogP contribution in [0.2, 0.25) is 0 Å². The molecule has 0 saturated heterocycles. The molecule has 0 amide bonds. The van der Waals surface area contributed by atoms with E-state index in [1.807, 2.05) is 19.2 Å². The van der Waals surface area contributed by atoms with Crippen LogP contribution >= 0.6 is 0 Å². The Balaban J connectivity index is 2.28. The van der Waals surface area contributed by atoms with E-state index in [0.29, 0.717) is 0 Å². The number of anilines is 1. The summed E-state index contributed by atoms with van der Waals surface area (Å²) in [4.78, 5) is 4.27. The largest absolute Gasteiger partial charge is 0.385 e. The molecule has 15 heavy (non-hydrogen) atoms. The molecule has 0 bridgehead atoms. The van der Waals surface area contributed by atoms with Gasteiger partial charge in [-0.3, -0.25) is 4.98 Å². The van der Waals surface area contributed by atoms with Gasteiger partial charge in [0.15, 0.2) is 0 Å². The van der Waals surface area contributed by atoms with Crippen molar-refractivity contribution in [2.45, 2.75) is 13.0 Å². The Morgan fingerprint density at radius 2 is 2.40 bits per heavy atom. The van der Waals surface area contributed by atoms with Crippen LogP contribution in [0.15, 0.2) is 24.4 Å². The second kappa shape index (κ2) is 4.31. The predicted molar refractivity (Wildman–Crippen MR) is 62.7 cm³/mol. The van der Waals surface area contributed by atoms with E-state index in [-0.39, 0.29) is 0 Å². The van der Waals surface area contributed by atoms with Crippen LogP contribution < -0.4 is 11.1 Å². The number of rotatable bonds is 4. The summed E-state index contributed by atoms with van der Waals surface area (Å²) in [6, 6.07) is 5.92. The van der Waals surface area contributed by atoms with Crippen molar-refractivity contribution in [3.8, 4) is 0 Å². The minimum absolute atomic E-state index is 0.791. The quantitative estimate of drug-likeness (QED) is 0.736. The summed E-state index contributed by atoms with van der Waals surface area (Å²) in [6.07, 6.45) is 2.86. The van der Waals surface area contributed by atoms with Crippen LogP contribution in [-0.2, 0) is 6.54 Å². The summed E-state index contributed by atoms with van der Waals surface area (Å²) in [7, 11) is 1.96. The van der Waals surface area contributed by atoms with E-state index in [2.05, 4.69) is 20.9 Å². The number of aromatic nitrogens is 2. The van der Waals surface area contributed by atoms with Gasteiger partial charge in [0.25, 0.3) is 0 Å². The number of aryl methyl sites for hydroxylation is 1. The first kappa shape index (κ1) is 9.98. The molecular formula is C11H16N4. The van der Waals surface area contributed by atoms with Crippen LogP contribution in [-0.4, -0.2) is 23.1 Å². The summed E-state index contributed by atoms with van der Waals surface area (Å²) in [5.74, 6) is 0.791. The van der Waals surface area contributed by atoms with E-state index in [1.165, 1.54) is 0 Å². The second-order valence-electron chi connectivity index (χ2n) is 3.59. The van der Waals surface area contributed by atoms with E-state index in [9.17, 15) is 0 Å². The van der Waals surface area contributed by atoms with E-state index >= 15 is 0 Å². The van der Waals surface area contributed by atoms with E-state index < -0.39 is 0 Å². The third kappa shape index (κ3) is 1.94. The minimum Gasteiger partial charge on any atom is -0.385 e. The Bertz CT molecular complexity index is 447. The second-order valence-corrected chi connectivity index (χ2v) is 3.59. The van der Waals surface area contributed by atoms with Gasteiger partial charge in [-0.15, -0.1) is 0 Å². The summed E-state index contributed by atoms with van der Waals surface area (Å²) in [6.45, 7) is 1.93. The minimum atomic E-state index is 0.791. The molecule has 0 spiro atoms. The number of pyridine rings is 1. The van der Waals surface area contributed by atoms with Crippen molar-refractivity contribution in [1.29, 1.82) is 0 Å². The van der Waals surface area contributed by atoms with Crippen LogP contribution in [0.1, 0.15) is 6.42 Å². The lowest BCUT2D eigenvalue weighted by atomic mass is 10.3. The fraction of sp³-hybridized carbons (Fsp3) is 0.364. The maximum absolute atomic E-state index is 5.94. The molecule has 0 fully saturated rings. The maximum atomic E-state index is 5.94. The van der Waals surface area contributed by atoms with Crippen molar-refractivity contribution >= 4 is 16.9 Å². The Kier molecular flexibility index (Phi) is 2.87. The maximum Gasteiger partial charge on any atom is 0.105 e. The van der Waals surface area contributed by atoms with Crippen LogP contribution in [0.25, 0.3) is 11.0 Å². The van der Waals surface area contributed by atoms with Gasteiger partial charge in [-0.2, -0.15) is 0 Å². The average molecular weight is 204 g/mol. The van der Waals surface area contributed by atoms with Crippen LogP contribution in [0.5, 0.6) is 0 Å². The fourth-order valence-corrected chi connectivity index (χ4v) is 1.77. The third-order valence-electron chi connectivity index (χ3n) is 2.51. The van der Waals surface area contributed by atoms with Gasteiger partial charge in [-0.1, -0.05) is 0 Å². The van der Waals surface area contributed by atoms with Gasteiger partial charge in [0.1, 0.15) is 5.82 Å². The highest BCUT2D eigenvalue weighted by atomic mass is 15.1. The average Bonchev–Trinajstić information content (AvgIpc) is 2.56. The molecule has 0 unspecified atom stereocenters. The standard InChI is InChI=1S/C11H16N4/c1-13-5-3-7-15-10-4-2-6-14-9(10)8-11(15)12/h2,4,6,8,13H,3,5,7,12H2,1H3. The highest BCUT2D eigenvalue weighted by Crippen LogP contribution is 2.19. The zero-order valence-corrected chi connectivity index (χ0v) is 8.90. The monoisotopic (exact) mass is 204 g/mol. The molecular weight excluding hydrogens is 188 g/mol. The van der Waals surface area contributed by atoms with Crippen molar-refractivity contribution in [3.05, 3.63) is 24.4 Å². The van der Waals surface area contributed by atoms with Gasteiger partial charge in [0, 0.05) is 18.8 Å².